The molecule has 35 heavy (non-hydrogen) atoms. The fourth-order valence-corrected chi connectivity index (χ4v) is 4.37. The van der Waals surface area contributed by atoms with Gasteiger partial charge in [-0.05, 0) is 44.2 Å². The van der Waals surface area contributed by atoms with E-state index in [2.05, 4.69) is 20.6 Å². The van der Waals surface area contributed by atoms with Gasteiger partial charge in [0.15, 0.2) is 5.69 Å². The van der Waals surface area contributed by atoms with Crippen LogP contribution in [0.5, 0.6) is 0 Å². The van der Waals surface area contributed by atoms with Crippen molar-refractivity contribution >= 4 is 11.7 Å². The number of nitrogens with zero attached hydrogens (tertiary/aromatic N) is 4. The summed E-state index contributed by atoms with van der Waals surface area (Å²) in [5.74, 6) is 0.473. The number of aryl methyl sites for hydroxylation is 1. The fourth-order valence-electron chi connectivity index (χ4n) is 4.37. The van der Waals surface area contributed by atoms with E-state index in [1.807, 2.05) is 0 Å². The number of nitrogens with one attached hydrogen (secondary N) is 1. The Morgan fingerprint density at radius 3 is 2.46 bits per heavy atom. The second-order valence-corrected chi connectivity index (χ2v) is 8.70. The average molecular weight is 489 g/mol. The van der Waals surface area contributed by atoms with Crippen LogP contribution in [0, 0.1) is 12.8 Å². The summed E-state index contributed by atoms with van der Waals surface area (Å²) in [5.41, 5.74) is -1.39. The van der Waals surface area contributed by atoms with Crippen molar-refractivity contribution in [2.45, 2.75) is 57.5 Å². The van der Waals surface area contributed by atoms with Gasteiger partial charge in [-0.25, -0.2) is 4.68 Å². The van der Waals surface area contributed by atoms with Gasteiger partial charge in [-0.2, -0.15) is 18.3 Å². The smallest absolute Gasteiger partial charge is 0.425 e. The molecule has 1 saturated carbocycles. The summed E-state index contributed by atoms with van der Waals surface area (Å²) < 4.78 is 46.9. The highest BCUT2D eigenvalue weighted by Gasteiger charge is 2.39. The van der Waals surface area contributed by atoms with Crippen LogP contribution in [0.25, 0.3) is 5.69 Å². The van der Waals surface area contributed by atoms with Crippen LogP contribution in [-0.2, 0) is 11.0 Å². The Morgan fingerprint density at radius 1 is 1.11 bits per heavy atom. The molecule has 2 aromatic heterocycles. The Labute approximate surface area is 199 Å². The summed E-state index contributed by atoms with van der Waals surface area (Å²) in [4.78, 5) is 25.1. The van der Waals surface area contributed by atoms with E-state index < -0.39 is 23.3 Å². The van der Waals surface area contributed by atoms with Crippen LogP contribution in [-0.4, -0.2) is 38.2 Å². The molecule has 0 bridgehead atoms. The highest BCUT2D eigenvalue weighted by atomic mass is 19.4. The maximum Gasteiger partial charge on any atom is 0.435 e. The molecule has 1 aromatic carbocycles. The predicted molar refractivity (Wildman–Crippen MR) is 119 cm³/mol. The molecule has 0 atom stereocenters. The Kier molecular flexibility index (Phi) is 7.32. The number of ketones is 1. The molecule has 3 aromatic rings. The Balaban J connectivity index is 1.27. The van der Waals surface area contributed by atoms with Gasteiger partial charge in [0, 0.05) is 37.9 Å². The van der Waals surface area contributed by atoms with E-state index in [1.54, 1.807) is 37.3 Å². The van der Waals surface area contributed by atoms with Crippen molar-refractivity contribution < 1.29 is 27.2 Å². The van der Waals surface area contributed by atoms with Crippen LogP contribution in [0.1, 0.15) is 72.3 Å². The molecule has 1 aliphatic rings. The zero-order chi connectivity index (χ0) is 25.0. The maximum absolute atomic E-state index is 13.5. The summed E-state index contributed by atoms with van der Waals surface area (Å²) in [6.07, 6.45) is -0.0633. The number of amides is 1. The third-order valence-electron chi connectivity index (χ3n) is 6.21. The molecule has 4 rings (SSSR count). The van der Waals surface area contributed by atoms with Crippen LogP contribution < -0.4 is 5.32 Å². The monoisotopic (exact) mass is 489 g/mol. The van der Waals surface area contributed by atoms with Gasteiger partial charge in [0.2, 0.25) is 11.8 Å². The first-order valence-electron chi connectivity index (χ1n) is 11.6. The van der Waals surface area contributed by atoms with Crippen molar-refractivity contribution in [3.63, 3.8) is 0 Å². The molecule has 0 radical (unpaired) electrons. The molecule has 1 fully saturated rings. The lowest BCUT2D eigenvalue weighted by Crippen LogP contribution is -2.27. The lowest BCUT2D eigenvalue weighted by Gasteiger charge is -2.25. The van der Waals surface area contributed by atoms with Crippen LogP contribution in [0.2, 0.25) is 0 Å². The van der Waals surface area contributed by atoms with E-state index in [0.29, 0.717) is 23.9 Å². The molecule has 186 valence electrons. The zero-order valence-corrected chi connectivity index (χ0v) is 19.2. The average Bonchev–Trinajstić information content (AvgIpc) is 3.49. The highest BCUT2D eigenvalue weighted by Crippen LogP contribution is 2.36. The number of carbonyl (C=O) groups is 2. The zero-order valence-electron chi connectivity index (χ0n) is 19.2. The minimum atomic E-state index is -4.78. The molecule has 2 heterocycles. The number of Topliss-reactive ketones (excluding diaryl/α,β-unsaturated/α-hetero) is 1. The first kappa shape index (κ1) is 24.6. The molecule has 8 nitrogen and oxygen atoms in total. The van der Waals surface area contributed by atoms with Crippen LogP contribution in [0.15, 0.2) is 40.9 Å². The number of benzene rings is 1. The summed E-state index contributed by atoms with van der Waals surface area (Å²) in [6, 6.07) is 8.25. The largest absolute Gasteiger partial charge is 0.435 e. The molecule has 0 unspecified atom stereocenters. The second-order valence-electron chi connectivity index (χ2n) is 8.70. The van der Waals surface area contributed by atoms with E-state index in [0.717, 1.165) is 36.6 Å². The minimum Gasteiger partial charge on any atom is -0.425 e. The Morgan fingerprint density at radius 2 is 1.83 bits per heavy atom. The SMILES string of the molecule is Cc1nnc(C2CCC(C(=O)CCCNC(=O)c3cn(-c4ccccc4)nc3C(F)(F)F)CC2)o1. The van der Waals surface area contributed by atoms with E-state index in [-0.39, 0.29) is 30.6 Å². The van der Waals surface area contributed by atoms with E-state index in [4.69, 9.17) is 4.42 Å². The second kappa shape index (κ2) is 10.4. The summed E-state index contributed by atoms with van der Waals surface area (Å²) in [5, 5.41) is 14.0. The molecule has 1 N–H and O–H groups in total. The minimum absolute atomic E-state index is 0.0630. The molecule has 1 amide bonds. The number of carbonyl (C=O) groups excluding carboxylic acids is 2. The lowest BCUT2D eigenvalue weighted by molar-refractivity contribution is -0.141. The number of para-hydroxylation sites is 1. The summed E-state index contributed by atoms with van der Waals surface area (Å²) in [7, 11) is 0. The fraction of sp³-hybridized carbons (Fsp3) is 0.458. The standard InChI is InChI=1S/C24H26F3N5O3/c1-15-29-30-23(35-15)17-11-9-16(10-12-17)20(33)8-5-13-28-22(34)19-14-32(18-6-3-2-4-7-18)31-21(19)24(25,26)27/h2-4,6-7,14,16-17H,5,8-13H2,1H3,(H,28,34). The van der Waals surface area contributed by atoms with Gasteiger partial charge in [-0.15, -0.1) is 10.2 Å². The van der Waals surface area contributed by atoms with Gasteiger partial charge in [0.1, 0.15) is 5.78 Å². The van der Waals surface area contributed by atoms with Crippen molar-refractivity contribution in [2.24, 2.45) is 5.92 Å². The number of rotatable bonds is 8. The highest BCUT2D eigenvalue weighted by molar-refractivity contribution is 5.95. The van der Waals surface area contributed by atoms with Gasteiger partial charge in [-0.3, -0.25) is 9.59 Å². The Bertz CT molecular complexity index is 1160. The number of halogens is 3. The molecule has 0 saturated heterocycles. The van der Waals surface area contributed by atoms with E-state index in [9.17, 15) is 22.8 Å². The molecule has 1 aliphatic carbocycles. The van der Waals surface area contributed by atoms with Crippen molar-refractivity contribution in [1.29, 1.82) is 0 Å². The summed E-state index contributed by atoms with van der Waals surface area (Å²) in [6.45, 7) is 1.83. The first-order valence-corrected chi connectivity index (χ1v) is 11.6. The quantitative estimate of drug-likeness (QED) is 0.463. The van der Waals surface area contributed by atoms with Gasteiger partial charge in [0.05, 0.1) is 11.3 Å². The molecular weight excluding hydrogens is 463 g/mol. The topological polar surface area (TPSA) is 103 Å². The number of alkyl halides is 3. The first-order chi connectivity index (χ1) is 16.7. The van der Waals surface area contributed by atoms with Crippen LogP contribution in [0.3, 0.4) is 0 Å². The molecule has 0 spiro atoms. The Hall–Kier alpha value is -3.50. The van der Waals surface area contributed by atoms with Gasteiger partial charge in [0.25, 0.3) is 5.91 Å². The van der Waals surface area contributed by atoms with Crippen molar-refractivity contribution in [1.82, 2.24) is 25.3 Å². The van der Waals surface area contributed by atoms with Crippen molar-refractivity contribution in [3.05, 3.63) is 59.6 Å². The third kappa shape index (κ3) is 5.95. The summed E-state index contributed by atoms with van der Waals surface area (Å²) >= 11 is 0. The van der Waals surface area contributed by atoms with Crippen LogP contribution >= 0.6 is 0 Å². The van der Waals surface area contributed by atoms with Crippen molar-refractivity contribution in [3.8, 4) is 5.69 Å². The van der Waals surface area contributed by atoms with Gasteiger partial charge in [-0.1, -0.05) is 18.2 Å². The molecule has 11 heteroatoms. The van der Waals surface area contributed by atoms with Gasteiger partial charge >= 0.3 is 6.18 Å². The lowest BCUT2D eigenvalue weighted by atomic mass is 9.79. The third-order valence-corrected chi connectivity index (χ3v) is 6.21. The van der Waals surface area contributed by atoms with E-state index >= 15 is 0 Å². The van der Waals surface area contributed by atoms with Crippen LogP contribution in [0.4, 0.5) is 13.2 Å². The number of hydrogen-bond donors (Lipinski definition) is 1. The van der Waals surface area contributed by atoms with Crippen molar-refractivity contribution in [2.75, 3.05) is 6.54 Å². The molecular formula is C24H26F3N5O3. The molecule has 0 aliphatic heterocycles. The number of aromatic nitrogens is 4. The van der Waals surface area contributed by atoms with E-state index in [1.165, 1.54) is 0 Å². The predicted octanol–water partition coefficient (Wildman–Crippen LogP) is 4.64. The maximum atomic E-state index is 13.5. The normalized spacial score (nSPS) is 18.4. The number of hydrogen-bond acceptors (Lipinski definition) is 6. The van der Waals surface area contributed by atoms with Gasteiger partial charge < -0.3 is 9.73 Å².